The van der Waals surface area contributed by atoms with E-state index in [1.165, 1.54) is 109 Å². The van der Waals surface area contributed by atoms with Crippen molar-refractivity contribution in [2.45, 2.75) is 193 Å². The lowest BCUT2D eigenvalue weighted by Crippen LogP contribution is -2.28. The summed E-state index contributed by atoms with van der Waals surface area (Å²) in [6.07, 6.45) is 39.4. The minimum absolute atomic E-state index is 0.0710. The molecule has 5 heteroatoms. The molecule has 0 radical (unpaired) electrons. The second-order valence-corrected chi connectivity index (χ2v) is 12.3. The highest BCUT2D eigenvalue weighted by molar-refractivity contribution is 5.70. The van der Waals surface area contributed by atoms with Crippen LogP contribution in [-0.4, -0.2) is 36.4 Å². The van der Waals surface area contributed by atoms with Gasteiger partial charge in [-0.25, -0.2) is 0 Å². The first-order valence-electron chi connectivity index (χ1n) is 18.4. The molecule has 0 aromatic rings. The minimum atomic E-state index is -0.774. The van der Waals surface area contributed by atoms with Crippen LogP contribution in [0.3, 0.4) is 0 Å². The van der Waals surface area contributed by atoms with Gasteiger partial charge >= 0.3 is 11.9 Å². The summed E-state index contributed by atoms with van der Waals surface area (Å²) >= 11 is 0. The molecule has 0 amide bonds. The molecule has 0 aliphatic rings. The molecule has 0 rings (SSSR count). The quantitative estimate of drug-likeness (QED) is 0.0457. The number of carbonyl (C=O) groups is 2. The Morgan fingerprint density at radius 2 is 0.860 bits per heavy atom. The summed E-state index contributed by atoms with van der Waals surface area (Å²) in [5, 5.41) is 9.52. The van der Waals surface area contributed by atoms with Gasteiger partial charge in [-0.15, -0.1) is 0 Å². The number of allylic oxidation sites excluding steroid dienone is 4. The van der Waals surface area contributed by atoms with Crippen molar-refractivity contribution >= 4 is 11.9 Å². The molecule has 252 valence electrons. The third-order valence-corrected chi connectivity index (χ3v) is 7.97. The van der Waals surface area contributed by atoms with Gasteiger partial charge in [0.2, 0.25) is 0 Å². The van der Waals surface area contributed by atoms with Gasteiger partial charge in [0.05, 0.1) is 6.61 Å². The van der Waals surface area contributed by atoms with Gasteiger partial charge in [0.25, 0.3) is 0 Å². The number of aliphatic hydroxyl groups excluding tert-OH is 1. The zero-order chi connectivity index (χ0) is 31.5. The van der Waals surface area contributed by atoms with Crippen molar-refractivity contribution in [2.24, 2.45) is 0 Å². The van der Waals surface area contributed by atoms with Crippen molar-refractivity contribution in [3.05, 3.63) is 24.3 Å². The highest BCUT2D eigenvalue weighted by Crippen LogP contribution is 2.12. The molecule has 0 saturated carbocycles. The second kappa shape index (κ2) is 34.9. The number of hydrogen-bond donors (Lipinski definition) is 1. The van der Waals surface area contributed by atoms with Gasteiger partial charge in [-0.2, -0.15) is 0 Å². The molecule has 0 aliphatic carbocycles. The first-order chi connectivity index (χ1) is 21.1. The van der Waals surface area contributed by atoms with Gasteiger partial charge in [-0.05, 0) is 64.2 Å². The van der Waals surface area contributed by atoms with Crippen molar-refractivity contribution in [1.82, 2.24) is 0 Å². The molecule has 0 fully saturated rings. The van der Waals surface area contributed by atoms with Gasteiger partial charge in [0, 0.05) is 12.8 Å². The Balaban J connectivity index is 3.58. The molecule has 1 atom stereocenters. The number of rotatable bonds is 33. The number of ether oxygens (including phenoxy) is 2. The van der Waals surface area contributed by atoms with Crippen LogP contribution in [0.25, 0.3) is 0 Å². The van der Waals surface area contributed by atoms with Gasteiger partial charge in [0.15, 0.2) is 6.10 Å². The topological polar surface area (TPSA) is 72.8 Å². The standard InChI is InChI=1S/C38H70O5/c1-3-5-7-9-11-13-15-17-19-21-23-25-27-29-31-33-38(41)43-36(34-39)35-42-37(40)32-30-28-26-24-22-20-18-16-14-12-10-8-6-4-2/h16-19,36,39H,3-15,20-35H2,1-2H3/b18-16-,19-17-. The van der Waals surface area contributed by atoms with Crippen LogP contribution in [0.1, 0.15) is 187 Å². The Bertz CT molecular complexity index is 657. The molecule has 0 bridgehead atoms. The zero-order valence-electron chi connectivity index (χ0n) is 28.5. The largest absolute Gasteiger partial charge is 0.462 e. The van der Waals surface area contributed by atoms with Gasteiger partial charge < -0.3 is 14.6 Å². The van der Waals surface area contributed by atoms with Crippen LogP contribution < -0.4 is 0 Å². The van der Waals surface area contributed by atoms with Gasteiger partial charge in [0.1, 0.15) is 6.61 Å². The summed E-state index contributed by atoms with van der Waals surface area (Å²) in [5.74, 6) is -0.608. The van der Waals surface area contributed by atoms with Crippen molar-refractivity contribution in [3.8, 4) is 0 Å². The van der Waals surface area contributed by atoms with Crippen LogP contribution in [0.4, 0.5) is 0 Å². The van der Waals surface area contributed by atoms with E-state index < -0.39 is 6.10 Å². The highest BCUT2D eigenvalue weighted by atomic mass is 16.6. The lowest BCUT2D eigenvalue weighted by atomic mass is 10.1. The van der Waals surface area contributed by atoms with Crippen molar-refractivity contribution in [2.75, 3.05) is 13.2 Å². The van der Waals surface area contributed by atoms with Gasteiger partial charge in [-0.1, -0.05) is 134 Å². The Kier molecular flexibility index (Phi) is 33.6. The van der Waals surface area contributed by atoms with Crippen LogP contribution >= 0.6 is 0 Å². The SMILES string of the molecule is CCCCCCC/C=C\CCCCCCCC(=O)OCC(CO)OC(=O)CCCCCCC/C=C\CCCCCCCC. The van der Waals surface area contributed by atoms with E-state index in [-0.39, 0.29) is 25.2 Å². The maximum Gasteiger partial charge on any atom is 0.306 e. The van der Waals surface area contributed by atoms with E-state index in [2.05, 4.69) is 38.2 Å². The number of aliphatic hydroxyl groups is 1. The summed E-state index contributed by atoms with van der Waals surface area (Å²) in [6.45, 7) is 4.10. The fourth-order valence-electron chi connectivity index (χ4n) is 5.13. The van der Waals surface area contributed by atoms with Crippen LogP contribution in [0.15, 0.2) is 24.3 Å². The molecular weight excluding hydrogens is 536 g/mol. The monoisotopic (exact) mass is 607 g/mol. The van der Waals surface area contributed by atoms with E-state index in [0.717, 1.165) is 51.4 Å². The smallest absolute Gasteiger partial charge is 0.306 e. The summed E-state index contributed by atoms with van der Waals surface area (Å²) in [6, 6.07) is 0. The molecule has 0 heterocycles. The molecule has 0 aromatic carbocycles. The number of carbonyl (C=O) groups excluding carboxylic acids is 2. The summed E-state index contributed by atoms with van der Waals surface area (Å²) in [5.41, 5.74) is 0. The molecule has 43 heavy (non-hydrogen) atoms. The van der Waals surface area contributed by atoms with Gasteiger partial charge in [-0.3, -0.25) is 9.59 Å². The molecule has 0 aromatic heterocycles. The maximum atomic E-state index is 12.1. The lowest BCUT2D eigenvalue weighted by Gasteiger charge is -2.15. The first kappa shape index (κ1) is 41.4. The fraction of sp³-hybridized carbons (Fsp3) is 0.842. The third kappa shape index (κ3) is 33.1. The Morgan fingerprint density at radius 3 is 1.26 bits per heavy atom. The molecule has 0 saturated heterocycles. The molecule has 0 spiro atoms. The Morgan fingerprint density at radius 1 is 0.512 bits per heavy atom. The predicted molar refractivity (Wildman–Crippen MR) is 182 cm³/mol. The number of unbranched alkanes of at least 4 members (excludes halogenated alkanes) is 21. The fourth-order valence-corrected chi connectivity index (χ4v) is 5.13. The average Bonchev–Trinajstić information content (AvgIpc) is 3.01. The first-order valence-corrected chi connectivity index (χ1v) is 18.4. The zero-order valence-corrected chi connectivity index (χ0v) is 28.5. The predicted octanol–water partition coefficient (Wildman–Crippen LogP) is 11.1. The number of hydrogen-bond acceptors (Lipinski definition) is 5. The van der Waals surface area contributed by atoms with E-state index in [1.54, 1.807) is 0 Å². The molecular formula is C38H70O5. The summed E-state index contributed by atoms with van der Waals surface area (Å²) < 4.78 is 10.6. The van der Waals surface area contributed by atoms with Crippen molar-refractivity contribution in [3.63, 3.8) is 0 Å². The van der Waals surface area contributed by atoms with Crippen LogP contribution in [-0.2, 0) is 19.1 Å². The van der Waals surface area contributed by atoms with Crippen molar-refractivity contribution in [1.29, 1.82) is 0 Å². The molecule has 1 unspecified atom stereocenters. The lowest BCUT2D eigenvalue weighted by molar-refractivity contribution is -0.161. The third-order valence-electron chi connectivity index (χ3n) is 7.97. The Labute approximate surface area is 266 Å². The number of esters is 2. The van der Waals surface area contributed by atoms with E-state index in [9.17, 15) is 14.7 Å². The molecule has 0 aliphatic heterocycles. The highest BCUT2D eigenvalue weighted by Gasteiger charge is 2.16. The van der Waals surface area contributed by atoms with E-state index in [1.807, 2.05) is 0 Å². The molecule has 5 nitrogen and oxygen atoms in total. The summed E-state index contributed by atoms with van der Waals surface area (Å²) in [4.78, 5) is 24.2. The normalized spacial score (nSPS) is 12.3. The minimum Gasteiger partial charge on any atom is -0.462 e. The van der Waals surface area contributed by atoms with Crippen LogP contribution in [0, 0.1) is 0 Å². The maximum absolute atomic E-state index is 12.1. The summed E-state index contributed by atoms with van der Waals surface area (Å²) in [7, 11) is 0. The van der Waals surface area contributed by atoms with E-state index in [0.29, 0.717) is 12.8 Å². The Hall–Kier alpha value is -1.62. The molecule has 1 N–H and O–H groups in total. The second-order valence-electron chi connectivity index (χ2n) is 12.3. The average molecular weight is 607 g/mol. The van der Waals surface area contributed by atoms with Crippen LogP contribution in [0.2, 0.25) is 0 Å². The van der Waals surface area contributed by atoms with E-state index in [4.69, 9.17) is 9.47 Å². The van der Waals surface area contributed by atoms with Crippen LogP contribution in [0.5, 0.6) is 0 Å². The van der Waals surface area contributed by atoms with Crippen molar-refractivity contribution < 1.29 is 24.2 Å². The van der Waals surface area contributed by atoms with E-state index >= 15 is 0 Å².